The molecule has 0 aliphatic rings. The van der Waals surface area contributed by atoms with Crippen molar-refractivity contribution in [2.45, 2.75) is 52.0 Å². The van der Waals surface area contributed by atoms with Gasteiger partial charge < -0.3 is 14.8 Å². The van der Waals surface area contributed by atoms with Gasteiger partial charge in [0.2, 0.25) is 0 Å². The number of hydrogen-bond acceptors (Lipinski definition) is 2. The average molecular weight is 289 g/mol. The van der Waals surface area contributed by atoms with Gasteiger partial charge in [0.05, 0.1) is 6.61 Å². The van der Waals surface area contributed by atoms with Crippen LogP contribution in [0.15, 0.2) is 24.3 Å². The van der Waals surface area contributed by atoms with Crippen molar-refractivity contribution in [2.75, 3.05) is 13.2 Å². The molecule has 1 aromatic heterocycles. The standard InChI is InChI=1S/C18H27NO2/c1-13(2)14-5-6-16-15(11-14)12-17(19(16)8-10-21)18(3,4)7-9-20/h5-6,11-13,20-21H,7-10H2,1-4H3. The zero-order valence-electron chi connectivity index (χ0n) is 13.6. The minimum absolute atomic E-state index is 0.110. The Morgan fingerprint density at radius 2 is 1.81 bits per heavy atom. The van der Waals surface area contributed by atoms with Crippen molar-refractivity contribution in [2.24, 2.45) is 0 Å². The van der Waals surface area contributed by atoms with Gasteiger partial charge in [-0.05, 0) is 36.1 Å². The summed E-state index contributed by atoms with van der Waals surface area (Å²) in [6, 6.07) is 8.78. The predicted molar refractivity (Wildman–Crippen MR) is 87.8 cm³/mol. The van der Waals surface area contributed by atoms with Crippen LogP contribution in [0.4, 0.5) is 0 Å². The van der Waals surface area contributed by atoms with E-state index in [9.17, 15) is 10.2 Å². The maximum Gasteiger partial charge on any atom is 0.0610 e. The van der Waals surface area contributed by atoms with Gasteiger partial charge in [-0.2, -0.15) is 0 Å². The summed E-state index contributed by atoms with van der Waals surface area (Å²) in [4.78, 5) is 0. The molecule has 1 aromatic carbocycles. The summed E-state index contributed by atoms with van der Waals surface area (Å²) in [5.74, 6) is 0.504. The third-order valence-corrected chi connectivity index (χ3v) is 4.35. The van der Waals surface area contributed by atoms with Gasteiger partial charge in [0, 0.05) is 35.2 Å². The molecule has 0 saturated carbocycles. The highest BCUT2D eigenvalue weighted by atomic mass is 16.3. The van der Waals surface area contributed by atoms with Crippen molar-refractivity contribution in [3.05, 3.63) is 35.5 Å². The minimum Gasteiger partial charge on any atom is -0.396 e. The molecule has 21 heavy (non-hydrogen) atoms. The van der Waals surface area contributed by atoms with Crippen molar-refractivity contribution in [1.82, 2.24) is 4.57 Å². The molecule has 0 unspecified atom stereocenters. The van der Waals surface area contributed by atoms with E-state index in [4.69, 9.17) is 0 Å². The summed E-state index contributed by atoms with van der Waals surface area (Å²) < 4.78 is 2.19. The molecule has 0 aliphatic carbocycles. The zero-order valence-corrected chi connectivity index (χ0v) is 13.6. The Labute approximate surface area is 127 Å². The number of aliphatic hydroxyl groups is 2. The summed E-state index contributed by atoms with van der Waals surface area (Å²) in [5.41, 5.74) is 3.56. The molecule has 0 amide bonds. The van der Waals surface area contributed by atoms with Crippen LogP contribution in [0.5, 0.6) is 0 Å². The normalized spacial score (nSPS) is 12.5. The van der Waals surface area contributed by atoms with Gasteiger partial charge in [-0.15, -0.1) is 0 Å². The number of aromatic nitrogens is 1. The van der Waals surface area contributed by atoms with Gasteiger partial charge in [0.25, 0.3) is 0 Å². The molecule has 0 aliphatic heterocycles. The Kier molecular flexibility index (Phi) is 4.74. The molecule has 2 rings (SSSR count). The van der Waals surface area contributed by atoms with E-state index in [1.54, 1.807) is 0 Å². The number of hydrogen-bond donors (Lipinski definition) is 2. The van der Waals surface area contributed by atoms with Crippen LogP contribution in [0.2, 0.25) is 0 Å². The van der Waals surface area contributed by atoms with E-state index in [0.717, 1.165) is 5.52 Å². The predicted octanol–water partition coefficient (Wildman–Crippen LogP) is 3.42. The number of benzene rings is 1. The van der Waals surface area contributed by atoms with E-state index in [-0.39, 0.29) is 18.6 Å². The van der Waals surface area contributed by atoms with E-state index in [0.29, 0.717) is 18.9 Å². The first-order valence-corrected chi connectivity index (χ1v) is 7.76. The van der Waals surface area contributed by atoms with Gasteiger partial charge in [-0.1, -0.05) is 33.8 Å². The summed E-state index contributed by atoms with van der Waals surface area (Å²) in [6.45, 7) is 9.58. The first kappa shape index (κ1) is 16.1. The Morgan fingerprint density at radius 1 is 1.10 bits per heavy atom. The van der Waals surface area contributed by atoms with Crippen molar-refractivity contribution in [3.8, 4) is 0 Å². The highest BCUT2D eigenvalue weighted by Crippen LogP contribution is 2.33. The zero-order chi connectivity index (χ0) is 15.6. The molecule has 2 N–H and O–H groups in total. The molecule has 116 valence electrons. The van der Waals surface area contributed by atoms with E-state index >= 15 is 0 Å². The van der Waals surface area contributed by atoms with Crippen molar-refractivity contribution < 1.29 is 10.2 Å². The number of fused-ring (bicyclic) bond motifs is 1. The lowest BCUT2D eigenvalue weighted by molar-refractivity contribution is 0.242. The Bertz CT molecular complexity index is 611. The quantitative estimate of drug-likeness (QED) is 0.856. The van der Waals surface area contributed by atoms with Gasteiger partial charge >= 0.3 is 0 Å². The van der Waals surface area contributed by atoms with Crippen LogP contribution in [-0.2, 0) is 12.0 Å². The van der Waals surface area contributed by atoms with Crippen LogP contribution in [-0.4, -0.2) is 28.0 Å². The Hall–Kier alpha value is -1.32. The minimum atomic E-state index is -0.110. The highest BCUT2D eigenvalue weighted by Gasteiger charge is 2.25. The van der Waals surface area contributed by atoms with Gasteiger partial charge in [-0.25, -0.2) is 0 Å². The number of nitrogens with zero attached hydrogens (tertiary/aromatic N) is 1. The lowest BCUT2D eigenvalue weighted by atomic mass is 9.85. The third kappa shape index (κ3) is 3.14. The highest BCUT2D eigenvalue weighted by molar-refractivity contribution is 5.82. The van der Waals surface area contributed by atoms with Crippen LogP contribution >= 0.6 is 0 Å². The second-order valence-corrected chi connectivity index (χ2v) is 6.74. The second-order valence-electron chi connectivity index (χ2n) is 6.74. The first-order chi connectivity index (χ1) is 9.90. The van der Waals surface area contributed by atoms with Crippen molar-refractivity contribution in [3.63, 3.8) is 0 Å². The molecular formula is C18H27NO2. The van der Waals surface area contributed by atoms with E-state index in [1.807, 2.05) is 0 Å². The monoisotopic (exact) mass is 289 g/mol. The smallest absolute Gasteiger partial charge is 0.0610 e. The summed E-state index contributed by atoms with van der Waals surface area (Å²) >= 11 is 0. The van der Waals surface area contributed by atoms with Crippen LogP contribution in [0.3, 0.4) is 0 Å². The molecule has 3 nitrogen and oxygen atoms in total. The van der Waals surface area contributed by atoms with Crippen LogP contribution < -0.4 is 0 Å². The molecular weight excluding hydrogens is 262 g/mol. The van der Waals surface area contributed by atoms with Crippen LogP contribution in [0.1, 0.15) is 51.3 Å². The average Bonchev–Trinajstić information content (AvgIpc) is 2.78. The van der Waals surface area contributed by atoms with Crippen molar-refractivity contribution in [1.29, 1.82) is 0 Å². The molecule has 0 atom stereocenters. The summed E-state index contributed by atoms with van der Waals surface area (Å²) in [7, 11) is 0. The van der Waals surface area contributed by atoms with E-state index in [1.165, 1.54) is 16.6 Å². The molecule has 0 bridgehead atoms. The maximum absolute atomic E-state index is 9.39. The van der Waals surface area contributed by atoms with Crippen LogP contribution in [0.25, 0.3) is 10.9 Å². The molecule has 0 radical (unpaired) electrons. The van der Waals surface area contributed by atoms with Gasteiger partial charge in [-0.3, -0.25) is 0 Å². The topological polar surface area (TPSA) is 45.4 Å². The molecule has 2 aromatic rings. The molecule has 1 heterocycles. The van der Waals surface area contributed by atoms with Crippen molar-refractivity contribution >= 4 is 10.9 Å². The second kappa shape index (κ2) is 6.20. The molecule has 3 heteroatoms. The maximum atomic E-state index is 9.39. The van der Waals surface area contributed by atoms with Gasteiger partial charge in [0.15, 0.2) is 0 Å². The van der Waals surface area contributed by atoms with Gasteiger partial charge in [0.1, 0.15) is 0 Å². The fourth-order valence-electron chi connectivity index (χ4n) is 2.96. The summed E-state index contributed by atoms with van der Waals surface area (Å²) in [6.07, 6.45) is 0.714. The number of aliphatic hydroxyl groups excluding tert-OH is 2. The lowest BCUT2D eigenvalue weighted by Crippen LogP contribution is -2.23. The van der Waals surface area contributed by atoms with Crippen LogP contribution in [0, 0.1) is 0 Å². The summed E-state index contributed by atoms with van der Waals surface area (Å²) in [5, 5.41) is 19.9. The SMILES string of the molecule is CC(C)c1ccc2c(c1)cc(C(C)(C)CCO)n2CCO. The number of rotatable bonds is 6. The fourth-order valence-corrected chi connectivity index (χ4v) is 2.96. The Morgan fingerprint density at radius 3 is 2.38 bits per heavy atom. The fraction of sp³-hybridized carbons (Fsp3) is 0.556. The third-order valence-electron chi connectivity index (χ3n) is 4.35. The van der Waals surface area contributed by atoms with E-state index < -0.39 is 0 Å². The largest absolute Gasteiger partial charge is 0.396 e. The Balaban J connectivity index is 2.61. The lowest BCUT2D eigenvalue weighted by Gasteiger charge is -2.26. The molecule has 0 saturated heterocycles. The van der Waals surface area contributed by atoms with E-state index in [2.05, 4.69) is 56.5 Å². The molecule has 0 spiro atoms. The first-order valence-electron chi connectivity index (χ1n) is 7.76. The molecule has 0 fully saturated rings.